The summed E-state index contributed by atoms with van der Waals surface area (Å²) in [7, 11) is 0. The highest BCUT2D eigenvalue weighted by Crippen LogP contribution is 2.27. The Labute approximate surface area is 178 Å². The van der Waals surface area contributed by atoms with E-state index in [1.165, 1.54) is 23.1 Å². The molecular weight excluding hydrogens is 401 g/mol. The van der Waals surface area contributed by atoms with Crippen LogP contribution in [0.3, 0.4) is 0 Å². The average Bonchev–Trinajstić information content (AvgIpc) is 3.16. The molecule has 2 amide bonds. The van der Waals surface area contributed by atoms with Crippen LogP contribution in [0.1, 0.15) is 16.8 Å². The van der Waals surface area contributed by atoms with Gasteiger partial charge in [-0.25, -0.2) is 4.39 Å². The number of benzene rings is 2. The maximum absolute atomic E-state index is 13.3. The maximum Gasteiger partial charge on any atom is 0.270 e. The van der Waals surface area contributed by atoms with E-state index < -0.39 is 11.8 Å². The van der Waals surface area contributed by atoms with Crippen molar-refractivity contribution in [2.75, 3.05) is 4.90 Å². The van der Waals surface area contributed by atoms with Crippen molar-refractivity contribution < 1.29 is 14.0 Å². The van der Waals surface area contributed by atoms with Crippen molar-refractivity contribution in [3.63, 3.8) is 0 Å². The lowest BCUT2D eigenvalue weighted by atomic mass is 10.1. The SMILES string of the molecule is Cc1ccc(C)c(N2C(=O)/C(=C/c3cccn3-c3ccc(F)cc3)C(=O)NC2=S)c1. The lowest BCUT2D eigenvalue weighted by Crippen LogP contribution is -2.54. The maximum atomic E-state index is 13.3. The number of hydrogen-bond donors (Lipinski definition) is 1. The minimum atomic E-state index is -0.557. The van der Waals surface area contributed by atoms with Gasteiger partial charge >= 0.3 is 0 Å². The van der Waals surface area contributed by atoms with E-state index in [4.69, 9.17) is 12.2 Å². The molecule has 0 bridgehead atoms. The lowest BCUT2D eigenvalue weighted by Gasteiger charge is -2.30. The number of rotatable bonds is 3. The highest BCUT2D eigenvalue weighted by molar-refractivity contribution is 7.80. The van der Waals surface area contributed by atoms with E-state index in [2.05, 4.69) is 5.32 Å². The summed E-state index contributed by atoms with van der Waals surface area (Å²) in [5.74, 6) is -1.40. The number of amides is 2. The molecule has 1 fully saturated rings. The van der Waals surface area contributed by atoms with Crippen LogP contribution in [0.2, 0.25) is 0 Å². The summed E-state index contributed by atoms with van der Waals surface area (Å²) in [6.07, 6.45) is 3.29. The van der Waals surface area contributed by atoms with Gasteiger partial charge in [0.2, 0.25) is 0 Å². The second kappa shape index (κ2) is 7.68. The lowest BCUT2D eigenvalue weighted by molar-refractivity contribution is -0.122. The summed E-state index contributed by atoms with van der Waals surface area (Å²) in [5, 5.41) is 2.65. The Kier molecular flexibility index (Phi) is 5.05. The molecule has 1 aliphatic heterocycles. The van der Waals surface area contributed by atoms with Crippen molar-refractivity contribution in [2.45, 2.75) is 13.8 Å². The molecule has 0 spiro atoms. The number of anilines is 1. The van der Waals surface area contributed by atoms with Gasteiger partial charge in [0.25, 0.3) is 11.8 Å². The number of nitrogens with one attached hydrogen (secondary N) is 1. The molecular formula is C23H18FN3O2S. The molecule has 5 nitrogen and oxygen atoms in total. The highest BCUT2D eigenvalue weighted by atomic mass is 32.1. The van der Waals surface area contributed by atoms with Gasteiger partial charge in [-0.1, -0.05) is 12.1 Å². The molecule has 7 heteroatoms. The van der Waals surface area contributed by atoms with Crippen LogP contribution in [0.15, 0.2) is 66.4 Å². The summed E-state index contributed by atoms with van der Waals surface area (Å²) < 4.78 is 15.0. The van der Waals surface area contributed by atoms with Crippen molar-refractivity contribution in [3.05, 3.63) is 89.0 Å². The molecule has 150 valence electrons. The number of halogens is 1. The van der Waals surface area contributed by atoms with E-state index in [0.29, 0.717) is 17.1 Å². The molecule has 3 aromatic rings. The second-order valence-electron chi connectivity index (χ2n) is 7.03. The first-order valence-electron chi connectivity index (χ1n) is 9.27. The third kappa shape index (κ3) is 3.55. The van der Waals surface area contributed by atoms with E-state index >= 15 is 0 Å². The minimum absolute atomic E-state index is 0.0356. The second-order valence-corrected chi connectivity index (χ2v) is 7.41. The van der Waals surface area contributed by atoms with Crippen molar-refractivity contribution in [2.24, 2.45) is 0 Å². The Balaban J connectivity index is 1.77. The quantitative estimate of drug-likeness (QED) is 0.396. The van der Waals surface area contributed by atoms with Gasteiger partial charge in [-0.05, 0) is 85.7 Å². The Morgan fingerprint density at radius 3 is 2.50 bits per heavy atom. The van der Waals surface area contributed by atoms with Gasteiger partial charge in [0.1, 0.15) is 11.4 Å². The van der Waals surface area contributed by atoms with Crippen LogP contribution >= 0.6 is 12.2 Å². The fraction of sp³-hybridized carbons (Fsp3) is 0.0870. The zero-order chi connectivity index (χ0) is 21.4. The summed E-state index contributed by atoms with van der Waals surface area (Å²) in [4.78, 5) is 27.2. The summed E-state index contributed by atoms with van der Waals surface area (Å²) in [6, 6.07) is 15.2. The largest absolute Gasteiger partial charge is 0.317 e. The van der Waals surface area contributed by atoms with Crippen LogP contribution in [0, 0.1) is 19.7 Å². The third-order valence-corrected chi connectivity index (χ3v) is 5.17. The topological polar surface area (TPSA) is 54.3 Å². The van der Waals surface area contributed by atoms with Gasteiger partial charge in [0.15, 0.2) is 5.11 Å². The summed E-state index contributed by atoms with van der Waals surface area (Å²) >= 11 is 5.29. The fourth-order valence-corrected chi connectivity index (χ4v) is 3.61. The number of carbonyl (C=O) groups is 2. The average molecular weight is 419 g/mol. The molecule has 1 aliphatic rings. The predicted molar refractivity (Wildman–Crippen MR) is 118 cm³/mol. The molecule has 1 N–H and O–H groups in total. The van der Waals surface area contributed by atoms with Gasteiger partial charge in [0.05, 0.1) is 5.69 Å². The van der Waals surface area contributed by atoms with Crippen LogP contribution in [0.25, 0.3) is 11.8 Å². The van der Waals surface area contributed by atoms with Crippen molar-refractivity contribution in [3.8, 4) is 5.69 Å². The van der Waals surface area contributed by atoms with Crippen LogP contribution in [-0.4, -0.2) is 21.5 Å². The van der Waals surface area contributed by atoms with Crippen LogP contribution < -0.4 is 10.2 Å². The minimum Gasteiger partial charge on any atom is -0.317 e. The van der Waals surface area contributed by atoms with Crippen molar-refractivity contribution >= 4 is 40.9 Å². The number of carbonyl (C=O) groups excluding carboxylic acids is 2. The molecule has 0 unspecified atom stereocenters. The molecule has 0 atom stereocenters. The number of aryl methyl sites for hydroxylation is 2. The van der Waals surface area contributed by atoms with Gasteiger partial charge in [-0.3, -0.25) is 19.8 Å². The highest BCUT2D eigenvalue weighted by Gasteiger charge is 2.35. The Hall–Kier alpha value is -3.58. The van der Waals surface area contributed by atoms with Crippen molar-refractivity contribution in [1.82, 2.24) is 9.88 Å². The molecule has 4 rings (SSSR count). The first kappa shape index (κ1) is 19.7. The number of thiocarbonyl (C=S) groups is 1. The van der Waals surface area contributed by atoms with Crippen LogP contribution in [0.4, 0.5) is 10.1 Å². The van der Waals surface area contributed by atoms with Crippen molar-refractivity contribution in [1.29, 1.82) is 0 Å². The normalized spacial score (nSPS) is 15.6. The molecule has 2 aromatic carbocycles. The van der Waals surface area contributed by atoms with E-state index in [1.54, 1.807) is 35.0 Å². The summed E-state index contributed by atoms with van der Waals surface area (Å²) in [5.41, 5.74) is 3.74. The smallest absolute Gasteiger partial charge is 0.270 e. The molecule has 2 heterocycles. The van der Waals surface area contributed by atoms with Crippen LogP contribution in [0.5, 0.6) is 0 Å². The zero-order valence-electron chi connectivity index (χ0n) is 16.3. The Bertz CT molecular complexity index is 1210. The molecule has 1 saturated heterocycles. The van der Waals surface area contributed by atoms with E-state index in [1.807, 2.05) is 32.0 Å². The predicted octanol–water partition coefficient (Wildman–Crippen LogP) is 4.06. The zero-order valence-corrected chi connectivity index (χ0v) is 17.2. The van der Waals surface area contributed by atoms with Crippen LogP contribution in [-0.2, 0) is 9.59 Å². The van der Waals surface area contributed by atoms with Gasteiger partial charge < -0.3 is 4.57 Å². The molecule has 0 saturated carbocycles. The number of aromatic nitrogens is 1. The molecule has 1 aromatic heterocycles. The first-order chi connectivity index (χ1) is 14.3. The van der Waals surface area contributed by atoms with E-state index in [0.717, 1.165) is 11.1 Å². The Morgan fingerprint density at radius 1 is 1.03 bits per heavy atom. The third-order valence-electron chi connectivity index (χ3n) is 4.88. The first-order valence-corrected chi connectivity index (χ1v) is 9.68. The standard InChI is InChI=1S/C23H18FN3O2S/c1-14-5-6-15(2)20(12-14)27-22(29)19(21(28)25-23(27)30)13-18-4-3-11-26(18)17-9-7-16(24)8-10-17/h3-13H,1-2H3,(H,25,28,30)/b19-13+. The van der Waals surface area contributed by atoms with E-state index in [-0.39, 0.29) is 16.5 Å². The molecule has 0 radical (unpaired) electrons. The number of hydrogen-bond acceptors (Lipinski definition) is 3. The molecule has 30 heavy (non-hydrogen) atoms. The molecule has 0 aliphatic carbocycles. The summed E-state index contributed by atoms with van der Waals surface area (Å²) in [6.45, 7) is 3.80. The Morgan fingerprint density at radius 2 is 1.77 bits per heavy atom. The number of nitrogens with zero attached hydrogens (tertiary/aromatic N) is 2. The van der Waals surface area contributed by atoms with Gasteiger partial charge in [0, 0.05) is 17.6 Å². The fourth-order valence-electron chi connectivity index (χ4n) is 3.33. The van der Waals surface area contributed by atoms with Gasteiger partial charge in [-0.2, -0.15) is 0 Å². The van der Waals surface area contributed by atoms with E-state index in [9.17, 15) is 14.0 Å². The monoisotopic (exact) mass is 419 g/mol. The van der Waals surface area contributed by atoms with Gasteiger partial charge in [-0.15, -0.1) is 0 Å².